The first kappa shape index (κ1) is 14.6. The molecule has 0 amide bonds. The van der Waals surface area contributed by atoms with Gasteiger partial charge in [0.05, 0.1) is 21.3 Å². The Kier molecular flexibility index (Phi) is 3.59. The van der Waals surface area contributed by atoms with Crippen molar-refractivity contribution < 1.29 is 9.90 Å². The van der Waals surface area contributed by atoms with Gasteiger partial charge in [-0.2, -0.15) is 0 Å². The Hall–Kier alpha value is -2.38. The number of hydrogen-bond acceptors (Lipinski definition) is 4. The third-order valence-corrected chi connectivity index (χ3v) is 4.01. The fourth-order valence-electron chi connectivity index (χ4n) is 2.18. The molecule has 2 heterocycles. The summed E-state index contributed by atoms with van der Waals surface area (Å²) in [5, 5.41) is 20.1. The van der Waals surface area contributed by atoms with Crippen molar-refractivity contribution in [3.8, 4) is 0 Å². The fourth-order valence-corrected chi connectivity index (χ4v) is 2.63. The zero-order valence-corrected chi connectivity index (χ0v) is 12.4. The molecule has 0 fully saturated rings. The molecule has 1 aromatic carbocycles. The second kappa shape index (κ2) is 5.43. The van der Waals surface area contributed by atoms with E-state index in [1.54, 1.807) is 6.20 Å². The van der Waals surface area contributed by atoms with Crippen molar-refractivity contribution in [2.45, 2.75) is 6.42 Å². The number of nitrogens with zero attached hydrogens (tertiary/aromatic N) is 2. The summed E-state index contributed by atoms with van der Waals surface area (Å²) in [4.78, 5) is 25.5. The van der Waals surface area contributed by atoms with Crippen LogP contribution in [0.5, 0.6) is 0 Å². The molecule has 3 aromatic rings. The summed E-state index contributed by atoms with van der Waals surface area (Å²) in [5.41, 5.74) is 0.506. The molecule has 22 heavy (non-hydrogen) atoms. The van der Waals surface area contributed by atoms with Gasteiger partial charge in [-0.05, 0) is 12.1 Å². The Morgan fingerprint density at radius 3 is 2.73 bits per heavy atom. The van der Waals surface area contributed by atoms with Crippen molar-refractivity contribution in [3.05, 3.63) is 55.5 Å². The van der Waals surface area contributed by atoms with Crippen LogP contribution in [-0.4, -0.2) is 31.5 Å². The molecule has 0 aliphatic heterocycles. The number of hydrogen-bond donors (Lipinski definition) is 3. The number of pyridine rings is 1. The van der Waals surface area contributed by atoms with Gasteiger partial charge in [0.25, 0.3) is 5.56 Å². The monoisotopic (exact) mass is 338 g/mol. The molecular formula is C13H8Cl2N4O3. The van der Waals surface area contributed by atoms with E-state index in [1.165, 1.54) is 12.1 Å². The predicted molar refractivity (Wildman–Crippen MR) is 80.7 cm³/mol. The first-order valence-corrected chi connectivity index (χ1v) is 6.85. The lowest BCUT2D eigenvalue weighted by Crippen LogP contribution is -2.17. The second-order valence-corrected chi connectivity index (χ2v) is 5.36. The zero-order chi connectivity index (χ0) is 15.9. The summed E-state index contributed by atoms with van der Waals surface area (Å²) >= 11 is 12.3. The molecular weight excluding hydrogens is 331 g/mol. The Bertz CT molecular complexity index is 935. The number of benzene rings is 1. The maximum absolute atomic E-state index is 11.9. The van der Waals surface area contributed by atoms with Crippen molar-refractivity contribution in [2.75, 3.05) is 0 Å². The lowest BCUT2D eigenvalue weighted by molar-refractivity contribution is 0.0695. The summed E-state index contributed by atoms with van der Waals surface area (Å²) in [6.45, 7) is 0. The average molecular weight is 339 g/mol. The minimum absolute atomic E-state index is 0.260. The van der Waals surface area contributed by atoms with Crippen molar-refractivity contribution in [1.82, 2.24) is 20.4 Å². The van der Waals surface area contributed by atoms with Crippen LogP contribution in [0.4, 0.5) is 0 Å². The molecule has 2 aromatic heterocycles. The molecule has 0 radical (unpaired) electrons. The Labute approximate surface area is 132 Å². The smallest absolute Gasteiger partial charge is 0.341 e. The number of aromatic nitrogens is 4. The molecule has 9 heteroatoms. The summed E-state index contributed by atoms with van der Waals surface area (Å²) in [6, 6.07) is 2.78. The van der Waals surface area contributed by atoms with E-state index in [9.17, 15) is 9.59 Å². The molecule has 0 saturated heterocycles. The maximum atomic E-state index is 11.9. The van der Waals surface area contributed by atoms with E-state index in [1.807, 2.05) is 0 Å². The van der Waals surface area contributed by atoms with E-state index in [4.69, 9.17) is 28.3 Å². The van der Waals surface area contributed by atoms with Crippen molar-refractivity contribution in [3.63, 3.8) is 0 Å². The van der Waals surface area contributed by atoms with E-state index in [0.29, 0.717) is 22.2 Å². The molecule has 0 atom stereocenters. The van der Waals surface area contributed by atoms with Crippen LogP contribution in [0, 0.1) is 0 Å². The lowest BCUT2D eigenvalue weighted by Gasteiger charge is -2.10. The number of carbonyl (C=O) groups is 1. The van der Waals surface area contributed by atoms with Crippen LogP contribution in [0.25, 0.3) is 10.9 Å². The maximum Gasteiger partial charge on any atom is 0.341 e. The highest BCUT2D eigenvalue weighted by Crippen LogP contribution is 2.33. The fraction of sp³-hybridized carbons (Fsp3) is 0.0769. The SMILES string of the molecule is O=C(O)c1cc2cc(Cl)c(Cl)c(Cc3c[nH]nn3)c2[nH]c1=O. The van der Waals surface area contributed by atoms with E-state index in [2.05, 4.69) is 20.4 Å². The summed E-state index contributed by atoms with van der Waals surface area (Å²) in [5.74, 6) is -1.31. The number of aromatic carboxylic acids is 1. The topological polar surface area (TPSA) is 112 Å². The Morgan fingerprint density at radius 2 is 2.09 bits per heavy atom. The predicted octanol–water partition coefficient (Wildman–Crippen LogP) is 2.24. The molecule has 112 valence electrons. The highest BCUT2D eigenvalue weighted by atomic mass is 35.5. The lowest BCUT2D eigenvalue weighted by atomic mass is 10.0. The summed E-state index contributed by atoms with van der Waals surface area (Å²) in [7, 11) is 0. The summed E-state index contributed by atoms with van der Waals surface area (Å²) in [6.07, 6.45) is 1.88. The van der Waals surface area contributed by atoms with Crippen LogP contribution in [0.1, 0.15) is 21.6 Å². The standard InChI is InChI=1S/C13H8Cl2N4O3/c14-9-2-5-1-8(13(21)22)12(20)17-11(5)7(10(9)15)3-6-4-16-19-18-6/h1-2,4H,3H2,(H,17,20)(H,21,22)(H,16,18,19). The van der Waals surface area contributed by atoms with Gasteiger partial charge in [-0.1, -0.05) is 28.4 Å². The van der Waals surface area contributed by atoms with Crippen LogP contribution in [0.2, 0.25) is 10.0 Å². The number of carboxylic acid groups (broad SMARTS) is 1. The van der Waals surface area contributed by atoms with Gasteiger partial charge in [0, 0.05) is 23.6 Å². The van der Waals surface area contributed by atoms with Gasteiger partial charge in [0.1, 0.15) is 5.56 Å². The van der Waals surface area contributed by atoms with Gasteiger partial charge in [-0.25, -0.2) is 4.79 Å². The van der Waals surface area contributed by atoms with Gasteiger partial charge in [-0.15, -0.1) is 5.10 Å². The number of aromatic amines is 2. The van der Waals surface area contributed by atoms with Crippen LogP contribution in [0.15, 0.2) is 23.1 Å². The minimum Gasteiger partial charge on any atom is -0.477 e. The quantitative estimate of drug-likeness (QED) is 0.678. The van der Waals surface area contributed by atoms with Gasteiger partial charge < -0.3 is 10.1 Å². The molecule has 7 nitrogen and oxygen atoms in total. The largest absolute Gasteiger partial charge is 0.477 e. The Morgan fingerprint density at radius 1 is 1.32 bits per heavy atom. The van der Waals surface area contributed by atoms with Crippen molar-refractivity contribution >= 4 is 40.1 Å². The van der Waals surface area contributed by atoms with Crippen molar-refractivity contribution in [1.29, 1.82) is 0 Å². The van der Waals surface area contributed by atoms with Crippen LogP contribution in [0.3, 0.4) is 0 Å². The van der Waals surface area contributed by atoms with E-state index in [0.717, 1.165) is 0 Å². The third kappa shape index (κ3) is 2.44. The van der Waals surface area contributed by atoms with Gasteiger partial charge >= 0.3 is 5.97 Å². The molecule has 0 aliphatic carbocycles. The normalized spacial score (nSPS) is 11.0. The van der Waals surface area contributed by atoms with Gasteiger partial charge in [-0.3, -0.25) is 9.89 Å². The second-order valence-electron chi connectivity index (χ2n) is 4.57. The molecule has 3 N–H and O–H groups in total. The molecule has 0 aliphatic rings. The zero-order valence-electron chi connectivity index (χ0n) is 10.9. The first-order chi connectivity index (χ1) is 10.5. The Balaban J connectivity index is 2.29. The number of rotatable bonds is 3. The molecule has 0 bridgehead atoms. The summed E-state index contributed by atoms with van der Waals surface area (Å²) < 4.78 is 0. The van der Waals surface area contributed by atoms with E-state index in [-0.39, 0.29) is 22.0 Å². The average Bonchev–Trinajstić information content (AvgIpc) is 2.97. The molecule has 0 unspecified atom stereocenters. The van der Waals surface area contributed by atoms with Crippen molar-refractivity contribution in [2.24, 2.45) is 0 Å². The van der Waals surface area contributed by atoms with Gasteiger partial charge in [0.15, 0.2) is 0 Å². The highest BCUT2D eigenvalue weighted by Gasteiger charge is 2.17. The molecule has 0 spiro atoms. The number of carboxylic acids is 1. The van der Waals surface area contributed by atoms with E-state index < -0.39 is 11.5 Å². The van der Waals surface area contributed by atoms with E-state index >= 15 is 0 Å². The van der Waals surface area contributed by atoms with Gasteiger partial charge in [0.2, 0.25) is 0 Å². The minimum atomic E-state index is -1.31. The van der Waals surface area contributed by atoms with Crippen LogP contribution < -0.4 is 5.56 Å². The van der Waals surface area contributed by atoms with Crippen LogP contribution >= 0.6 is 23.2 Å². The highest BCUT2D eigenvalue weighted by molar-refractivity contribution is 6.43. The first-order valence-electron chi connectivity index (χ1n) is 6.10. The molecule has 3 rings (SSSR count). The van der Waals surface area contributed by atoms with Crippen LogP contribution in [-0.2, 0) is 6.42 Å². The number of H-pyrrole nitrogens is 2. The molecule has 0 saturated carbocycles. The number of fused-ring (bicyclic) bond motifs is 1. The number of nitrogens with one attached hydrogen (secondary N) is 2. The number of halogens is 2. The third-order valence-electron chi connectivity index (χ3n) is 3.19.